The van der Waals surface area contributed by atoms with Crippen LogP contribution in [-0.2, 0) is 9.53 Å². The van der Waals surface area contributed by atoms with E-state index in [1.165, 1.54) is 11.7 Å². The van der Waals surface area contributed by atoms with Gasteiger partial charge >= 0.3 is 6.09 Å². The van der Waals surface area contributed by atoms with E-state index < -0.39 is 17.7 Å². The van der Waals surface area contributed by atoms with Crippen LogP contribution >= 0.6 is 0 Å². The minimum atomic E-state index is -0.689. The summed E-state index contributed by atoms with van der Waals surface area (Å²) in [4.78, 5) is 38.8. The second-order valence-electron chi connectivity index (χ2n) is 7.39. The standard InChI is InChI=1S/C20H20N4O4/c1-12-9-15(18(26)24(12)20(11-21)6-7-20)22-17(25)14-3-4-16-13(10-14)5-8-23(16)19(27)28-2/h3-5,8,10,12,15H,6-7,9H2,1-2H3,(H,22,25). The minimum Gasteiger partial charge on any atom is -0.452 e. The number of fused-ring (bicyclic) bond motifs is 1. The summed E-state index contributed by atoms with van der Waals surface area (Å²) in [5.41, 5.74) is 0.339. The summed E-state index contributed by atoms with van der Waals surface area (Å²) in [7, 11) is 1.30. The van der Waals surface area contributed by atoms with Crippen LogP contribution in [-0.4, -0.2) is 52.1 Å². The molecule has 1 N–H and O–H groups in total. The summed E-state index contributed by atoms with van der Waals surface area (Å²) in [5, 5.41) is 12.9. The van der Waals surface area contributed by atoms with Crippen LogP contribution in [0.5, 0.6) is 0 Å². The van der Waals surface area contributed by atoms with Crippen molar-refractivity contribution in [3.8, 4) is 6.07 Å². The van der Waals surface area contributed by atoms with E-state index in [0.29, 0.717) is 35.7 Å². The topological polar surface area (TPSA) is 104 Å². The minimum absolute atomic E-state index is 0.0866. The lowest BCUT2D eigenvalue weighted by molar-refractivity contribution is -0.132. The van der Waals surface area contributed by atoms with Crippen molar-refractivity contribution in [2.75, 3.05) is 7.11 Å². The molecular weight excluding hydrogens is 360 g/mol. The number of hydrogen-bond acceptors (Lipinski definition) is 5. The van der Waals surface area contributed by atoms with Crippen molar-refractivity contribution in [1.29, 1.82) is 5.26 Å². The summed E-state index contributed by atoms with van der Waals surface area (Å²) in [5.74, 6) is -0.556. The van der Waals surface area contributed by atoms with Crippen LogP contribution in [0.2, 0.25) is 0 Å². The maximum Gasteiger partial charge on any atom is 0.418 e. The molecule has 2 unspecified atom stereocenters. The molecule has 144 valence electrons. The Hall–Kier alpha value is -3.34. The molecule has 1 aromatic carbocycles. The van der Waals surface area contributed by atoms with Crippen LogP contribution in [0, 0.1) is 11.3 Å². The maximum absolute atomic E-state index is 12.8. The van der Waals surface area contributed by atoms with Crippen LogP contribution in [0.25, 0.3) is 10.9 Å². The Bertz CT molecular complexity index is 1030. The monoisotopic (exact) mass is 380 g/mol. The Morgan fingerprint density at radius 2 is 2.07 bits per heavy atom. The number of hydrogen-bond donors (Lipinski definition) is 1. The molecule has 2 aliphatic rings. The first kappa shape index (κ1) is 18.0. The number of nitriles is 1. The third kappa shape index (κ3) is 2.71. The number of aromatic nitrogens is 1. The molecule has 0 spiro atoms. The van der Waals surface area contributed by atoms with Gasteiger partial charge in [-0.05, 0) is 50.5 Å². The zero-order chi connectivity index (χ0) is 20.1. The van der Waals surface area contributed by atoms with Crippen LogP contribution in [0.4, 0.5) is 4.79 Å². The van der Waals surface area contributed by atoms with Crippen molar-refractivity contribution in [3.63, 3.8) is 0 Å². The van der Waals surface area contributed by atoms with Crippen LogP contribution in [0.1, 0.15) is 36.5 Å². The van der Waals surface area contributed by atoms with E-state index >= 15 is 0 Å². The lowest BCUT2D eigenvalue weighted by Crippen LogP contribution is -2.46. The summed E-state index contributed by atoms with van der Waals surface area (Å²) in [6, 6.07) is 8.19. The molecule has 8 nitrogen and oxygen atoms in total. The first-order chi connectivity index (χ1) is 13.4. The van der Waals surface area contributed by atoms with Crippen LogP contribution < -0.4 is 5.32 Å². The lowest BCUT2D eigenvalue weighted by Gasteiger charge is -2.26. The van der Waals surface area contributed by atoms with Crippen LogP contribution in [0.15, 0.2) is 30.5 Å². The van der Waals surface area contributed by atoms with Gasteiger partial charge in [-0.1, -0.05) is 0 Å². The quantitative estimate of drug-likeness (QED) is 0.877. The predicted octanol–water partition coefficient (Wildman–Crippen LogP) is 2.03. The Morgan fingerprint density at radius 3 is 2.71 bits per heavy atom. The Labute approximate surface area is 161 Å². The molecule has 4 rings (SSSR count). The second kappa shape index (κ2) is 6.37. The SMILES string of the molecule is COC(=O)n1ccc2cc(C(=O)NC3CC(C)N(C4(C#N)CC4)C3=O)ccc21. The van der Waals surface area contributed by atoms with Crippen LogP contribution in [0.3, 0.4) is 0 Å². The zero-order valence-corrected chi connectivity index (χ0v) is 15.6. The fraction of sp³-hybridized carbons (Fsp3) is 0.400. The number of likely N-dealkylation sites (tertiary alicyclic amines) is 1. The van der Waals surface area contributed by atoms with E-state index in [1.54, 1.807) is 35.4 Å². The predicted molar refractivity (Wildman–Crippen MR) is 99.5 cm³/mol. The zero-order valence-electron chi connectivity index (χ0n) is 15.6. The lowest BCUT2D eigenvalue weighted by atomic mass is 10.1. The first-order valence-corrected chi connectivity index (χ1v) is 9.15. The van der Waals surface area contributed by atoms with Crippen molar-refractivity contribution in [1.82, 2.24) is 14.8 Å². The first-order valence-electron chi connectivity index (χ1n) is 9.15. The fourth-order valence-corrected chi connectivity index (χ4v) is 3.99. The van der Waals surface area contributed by atoms with Gasteiger partial charge in [0.2, 0.25) is 5.91 Å². The van der Waals surface area contributed by atoms with Gasteiger partial charge in [-0.15, -0.1) is 0 Å². The highest BCUT2D eigenvalue weighted by molar-refractivity contribution is 6.01. The molecule has 2 fully saturated rings. The molecule has 1 aliphatic carbocycles. The molecule has 2 heterocycles. The average Bonchev–Trinajstić information content (AvgIpc) is 3.27. The largest absolute Gasteiger partial charge is 0.452 e. The number of carbonyl (C=O) groups is 3. The third-order valence-corrected chi connectivity index (χ3v) is 5.58. The van der Waals surface area contributed by atoms with Gasteiger partial charge in [-0.2, -0.15) is 5.26 Å². The summed E-state index contributed by atoms with van der Waals surface area (Å²) < 4.78 is 6.08. The second-order valence-corrected chi connectivity index (χ2v) is 7.39. The molecule has 1 saturated heterocycles. The number of rotatable bonds is 3. The number of nitrogens with zero attached hydrogens (tertiary/aromatic N) is 3. The summed E-state index contributed by atoms with van der Waals surface area (Å²) >= 11 is 0. The van der Waals surface area contributed by atoms with Gasteiger partial charge in [0.05, 0.1) is 18.7 Å². The van der Waals surface area contributed by atoms with E-state index in [0.717, 1.165) is 0 Å². The van der Waals surface area contributed by atoms with Crippen molar-refractivity contribution >= 4 is 28.8 Å². The Balaban J connectivity index is 1.52. The van der Waals surface area contributed by atoms with Crippen molar-refractivity contribution in [2.24, 2.45) is 0 Å². The molecule has 2 amide bonds. The van der Waals surface area contributed by atoms with E-state index in [-0.39, 0.29) is 17.9 Å². The van der Waals surface area contributed by atoms with Gasteiger partial charge < -0.3 is 15.0 Å². The smallest absolute Gasteiger partial charge is 0.418 e. The van der Waals surface area contributed by atoms with Crippen molar-refractivity contribution in [2.45, 2.75) is 43.8 Å². The average molecular weight is 380 g/mol. The van der Waals surface area contributed by atoms with Gasteiger partial charge in [-0.3, -0.25) is 14.2 Å². The molecule has 1 aliphatic heterocycles. The Kier molecular flexibility index (Phi) is 4.11. The third-order valence-electron chi connectivity index (χ3n) is 5.58. The highest BCUT2D eigenvalue weighted by Crippen LogP contribution is 2.45. The summed E-state index contributed by atoms with van der Waals surface area (Å²) in [6.45, 7) is 1.91. The number of methoxy groups -OCH3 is 1. The maximum atomic E-state index is 12.8. The molecule has 0 radical (unpaired) electrons. The molecule has 8 heteroatoms. The van der Waals surface area contributed by atoms with Gasteiger partial charge in [-0.25, -0.2) is 4.79 Å². The van der Waals surface area contributed by atoms with E-state index in [2.05, 4.69) is 11.4 Å². The molecule has 1 saturated carbocycles. The number of carbonyl (C=O) groups excluding carboxylic acids is 3. The molecule has 2 aromatic rings. The molecular formula is C20H20N4O4. The fourth-order valence-electron chi connectivity index (χ4n) is 3.99. The van der Waals surface area contributed by atoms with Crippen molar-refractivity contribution < 1.29 is 19.1 Å². The highest BCUT2D eigenvalue weighted by Gasteiger charge is 2.56. The van der Waals surface area contributed by atoms with Gasteiger partial charge in [0, 0.05) is 23.2 Å². The van der Waals surface area contributed by atoms with Crippen molar-refractivity contribution in [3.05, 3.63) is 36.0 Å². The summed E-state index contributed by atoms with van der Waals surface area (Å²) in [6.07, 6.45) is 2.93. The Morgan fingerprint density at radius 1 is 1.32 bits per heavy atom. The molecule has 0 bridgehead atoms. The van der Waals surface area contributed by atoms with Gasteiger partial charge in [0.15, 0.2) is 0 Å². The van der Waals surface area contributed by atoms with E-state index in [1.807, 2.05) is 6.92 Å². The molecule has 2 atom stereocenters. The molecule has 1 aromatic heterocycles. The number of nitrogens with one attached hydrogen (secondary N) is 1. The number of amides is 2. The van der Waals surface area contributed by atoms with E-state index in [9.17, 15) is 19.6 Å². The number of ether oxygens (including phenoxy) is 1. The van der Waals surface area contributed by atoms with Gasteiger partial charge in [0.1, 0.15) is 11.6 Å². The highest BCUT2D eigenvalue weighted by atomic mass is 16.5. The van der Waals surface area contributed by atoms with E-state index in [4.69, 9.17) is 4.74 Å². The number of benzene rings is 1. The van der Waals surface area contributed by atoms with Gasteiger partial charge in [0.25, 0.3) is 5.91 Å². The normalized spacial score (nSPS) is 22.8. The molecule has 28 heavy (non-hydrogen) atoms.